The smallest absolute Gasteiger partial charge is 0.444 e. The molecular formula is C25H38BNO4. The number of amides is 1. The summed E-state index contributed by atoms with van der Waals surface area (Å²) >= 11 is 0. The van der Waals surface area contributed by atoms with Gasteiger partial charge >= 0.3 is 13.2 Å². The molecule has 4 rings (SSSR count). The van der Waals surface area contributed by atoms with E-state index >= 15 is 0 Å². The van der Waals surface area contributed by atoms with E-state index in [1.807, 2.05) is 25.7 Å². The normalized spacial score (nSPS) is 23.8. The highest BCUT2D eigenvalue weighted by Crippen LogP contribution is 2.45. The predicted octanol–water partition coefficient (Wildman–Crippen LogP) is 4.98. The lowest BCUT2D eigenvalue weighted by atomic mass is 9.75. The largest absolute Gasteiger partial charge is 0.494 e. The van der Waals surface area contributed by atoms with Gasteiger partial charge in [-0.15, -0.1) is 0 Å². The molecule has 0 aromatic heterocycles. The number of hydrogen-bond donors (Lipinski definition) is 0. The van der Waals surface area contributed by atoms with E-state index < -0.39 is 5.60 Å². The Bertz CT molecular complexity index is 816. The first kappa shape index (κ1) is 22.7. The van der Waals surface area contributed by atoms with Gasteiger partial charge in [-0.3, -0.25) is 0 Å². The highest BCUT2D eigenvalue weighted by molar-refractivity contribution is 6.62. The van der Waals surface area contributed by atoms with Gasteiger partial charge in [0.1, 0.15) is 5.60 Å². The molecule has 0 spiro atoms. The van der Waals surface area contributed by atoms with Crippen LogP contribution in [0.3, 0.4) is 0 Å². The van der Waals surface area contributed by atoms with Crippen molar-refractivity contribution in [3.63, 3.8) is 0 Å². The highest BCUT2D eigenvalue weighted by Gasteiger charge is 2.52. The molecule has 5 nitrogen and oxygen atoms in total. The lowest BCUT2D eigenvalue weighted by Crippen LogP contribution is -2.41. The van der Waals surface area contributed by atoms with Gasteiger partial charge in [0.05, 0.1) is 11.2 Å². The topological polar surface area (TPSA) is 48.0 Å². The van der Waals surface area contributed by atoms with Gasteiger partial charge in [0, 0.05) is 13.1 Å². The van der Waals surface area contributed by atoms with Crippen LogP contribution in [-0.4, -0.2) is 48.0 Å². The van der Waals surface area contributed by atoms with Crippen LogP contribution in [-0.2, 0) is 14.0 Å². The van der Waals surface area contributed by atoms with Crippen LogP contribution < -0.4 is 5.46 Å². The van der Waals surface area contributed by atoms with Crippen LogP contribution in [0.4, 0.5) is 4.79 Å². The van der Waals surface area contributed by atoms with E-state index in [0.29, 0.717) is 11.8 Å². The molecule has 1 aromatic rings. The molecule has 0 N–H and O–H groups in total. The van der Waals surface area contributed by atoms with Crippen LogP contribution in [0, 0.1) is 0 Å². The molecule has 1 saturated carbocycles. The second-order valence-corrected chi connectivity index (χ2v) is 11.5. The molecule has 3 fully saturated rings. The minimum atomic E-state index is -0.448. The fourth-order valence-corrected chi connectivity index (χ4v) is 4.54. The first-order valence-electron chi connectivity index (χ1n) is 11.8. The fourth-order valence-electron chi connectivity index (χ4n) is 4.54. The Labute approximate surface area is 188 Å². The van der Waals surface area contributed by atoms with Gasteiger partial charge < -0.3 is 18.9 Å². The van der Waals surface area contributed by atoms with Crippen molar-refractivity contribution in [2.45, 2.75) is 103 Å². The summed E-state index contributed by atoms with van der Waals surface area (Å²) in [6.07, 6.45) is 4.29. The van der Waals surface area contributed by atoms with E-state index in [9.17, 15) is 4.79 Å². The number of nitrogens with zero attached hydrogens (tertiary/aromatic N) is 1. The van der Waals surface area contributed by atoms with Gasteiger partial charge in [-0.25, -0.2) is 4.79 Å². The molecule has 2 saturated heterocycles. The van der Waals surface area contributed by atoms with Gasteiger partial charge in [0.15, 0.2) is 0 Å². The lowest BCUT2D eigenvalue weighted by Gasteiger charge is -2.34. The molecule has 1 aliphatic carbocycles. The number of carbonyl (C=O) groups excluding carboxylic acids is 1. The number of carbonyl (C=O) groups is 1. The maximum absolute atomic E-state index is 12.4. The zero-order valence-electron chi connectivity index (χ0n) is 20.3. The van der Waals surface area contributed by atoms with Crippen molar-refractivity contribution in [1.29, 1.82) is 0 Å². The zero-order chi connectivity index (χ0) is 22.6. The Kier molecular flexibility index (Phi) is 5.71. The molecule has 2 aliphatic heterocycles. The van der Waals surface area contributed by atoms with Crippen molar-refractivity contribution < 1.29 is 18.8 Å². The molecule has 0 bridgehead atoms. The molecule has 170 valence electrons. The van der Waals surface area contributed by atoms with E-state index in [1.165, 1.54) is 24.0 Å². The van der Waals surface area contributed by atoms with Crippen LogP contribution in [0.15, 0.2) is 18.2 Å². The van der Waals surface area contributed by atoms with Crippen LogP contribution in [0.1, 0.15) is 97.1 Å². The first-order valence-corrected chi connectivity index (χ1v) is 11.8. The molecule has 0 atom stereocenters. The summed E-state index contributed by atoms with van der Waals surface area (Å²) < 4.78 is 18.1. The number of piperidine rings is 1. The summed E-state index contributed by atoms with van der Waals surface area (Å²) in [7, 11) is -0.314. The molecule has 1 aromatic carbocycles. The lowest BCUT2D eigenvalue weighted by molar-refractivity contribution is 0.00578. The summed E-state index contributed by atoms with van der Waals surface area (Å²) in [6.45, 7) is 15.7. The summed E-state index contributed by atoms with van der Waals surface area (Å²) in [5.74, 6) is 1.14. The van der Waals surface area contributed by atoms with Crippen molar-refractivity contribution in [2.75, 3.05) is 13.1 Å². The van der Waals surface area contributed by atoms with Crippen LogP contribution in [0.25, 0.3) is 0 Å². The third-order valence-electron chi connectivity index (χ3n) is 7.24. The van der Waals surface area contributed by atoms with Gasteiger partial charge in [0.25, 0.3) is 0 Å². The standard InChI is InChI=1S/C25H38BNO4/c1-23(2,3)29-22(28)27-14-12-18(13-15-27)20-11-10-19(16-21(20)17-8-9-17)26-30-24(4,5)25(6,7)31-26/h10-11,16-18H,8-9,12-15H2,1-7H3. The monoisotopic (exact) mass is 427 g/mol. The Morgan fingerprint density at radius 2 is 1.52 bits per heavy atom. The van der Waals surface area contributed by atoms with Crippen molar-refractivity contribution in [3.05, 3.63) is 29.3 Å². The molecule has 0 unspecified atom stereocenters. The molecule has 31 heavy (non-hydrogen) atoms. The maximum Gasteiger partial charge on any atom is 0.494 e. The van der Waals surface area contributed by atoms with Crippen molar-refractivity contribution in [3.8, 4) is 0 Å². The zero-order valence-corrected chi connectivity index (χ0v) is 20.3. The van der Waals surface area contributed by atoms with Crippen LogP contribution in [0.2, 0.25) is 0 Å². The van der Waals surface area contributed by atoms with Crippen LogP contribution in [0.5, 0.6) is 0 Å². The Balaban J connectivity index is 1.47. The average molecular weight is 427 g/mol. The van der Waals surface area contributed by atoms with Gasteiger partial charge in [-0.2, -0.15) is 0 Å². The minimum absolute atomic E-state index is 0.190. The van der Waals surface area contributed by atoms with E-state index in [-0.39, 0.29) is 24.4 Å². The summed E-state index contributed by atoms with van der Waals surface area (Å²) in [6, 6.07) is 6.81. The van der Waals surface area contributed by atoms with Crippen molar-refractivity contribution in [2.24, 2.45) is 0 Å². The van der Waals surface area contributed by atoms with Gasteiger partial charge in [0.2, 0.25) is 0 Å². The third-order valence-corrected chi connectivity index (χ3v) is 7.24. The molecule has 3 aliphatic rings. The molecule has 2 heterocycles. The Morgan fingerprint density at radius 3 is 2.03 bits per heavy atom. The number of benzene rings is 1. The molecule has 1 amide bonds. The van der Waals surface area contributed by atoms with Gasteiger partial charge in [-0.05, 0) is 103 Å². The SMILES string of the molecule is CC(C)(C)OC(=O)N1CCC(c2ccc(B3OC(C)(C)C(C)(C)O3)cc2C2CC2)CC1. The fraction of sp³-hybridized carbons (Fsp3) is 0.720. The predicted molar refractivity (Wildman–Crippen MR) is 124 cm³/mol. The minimum Gasteiger partial charge on any atom is -0.444 e. The molecular weight excluding hydrogens is 389 g/mol. The van der Waals surface area contributed by atoms with E-state index in [4.69, 9.17) is 14.0 Å². The maximum atomic E-state index is 12.4. The van der Waals surface area contributed by atoms with Gasteiger partial charge in [-0.1, -0.05) is 18.2 Å². The summed E-state index contributed by atoms with van der Waals surface area (Å²) in [5, 5.41) is 0. The summed E-state index contributed by atoms with van der Waals surface area (Å²) in [4.78, 5) is 14.3. The van der Waals surface area contributed by atoms with Crippen molar-refractivity contribution >= 4 is 18.7 Å². The van der Waals surface area contributed by atoms with Crippen molar-refractivity contribution in [1.82, 2.24) is 4.90 Å². The number of ether oxygens (including phenoxy) is 1. The van der Waals surface area contributed by atoms with Crippen LogP contribution >= 0.6 is 0 Å². The van der Waals surface area contributed by atoms with E-state index in [2.05, 4.69) is 45.9 Å². The molecule has 0 radical (unpaired) electrons. The Hall–Kier alpha value is -1.53. The summed E-state index contributed by atoms with van der Waals surface area (Å²) in [5.41, 5.74) is 2.93. The quantitative estimate of drug-likeness (QED) is 0.639. The third kappa shape index (κ3) is 4.80. The van der Waals surface area contributed by atoms with E-state index in [0.717, 1.165) is 31.4 Å². The van der Waals surface area contributed by atoms with E-state index in [1.54, 1.807) is 0 Å². The number of hydrogen-bond acceptors (Lipinski definition) is 4. The second-order valence-electron chi connectivity index (χ2n) is 11.5. The highest BCUT2D eigenvalue weighted by atomic mass is 16.7. The Morgan fingerprint density at radius 1 is 0.968 bits per heavy atom. The molecule has 6 heteroatoms. The number of rotatable bonds is 3. The number of likely N-dealkylation sites (tertiary alicyclic amines) is 1. The first-order chi connectivity index (χ1) is 14.4. The second kappa shape index (κ2) is 7.81. The average Bonchev–Trinajstić information content (AvgIpc) is 3.47.